The molecule has 184 valence electrons. The first-order valence-corrected chi connectivity index (χ1v) is 11.7. The average molecular weight is 466 g/mol. The molecule has 0 amide bonds. The lowest BCUT2D eigenvalue weighted by Crippen LogP contribution is -2.49. The molecule has 7 nitrogen and oxygen atoms in total. The molecule has 0 aliphatic carbocycles. The Bertz CT molecular complexity index is 794. The van der Waals surface area contributed by atoms with Crippen LogP contribution in [0.15, 0.2) is 40.7 Å². The summed E-state index contributed by atoms with van der Waals surface area (Å²) in [4.78, 5) is 11.8. The molecule has 9 heteroatoms. The van der Waals surface area contributed by atoms with Crippen LogP contribution >= 0.6 is 0 Å². The smallest absolute Gasteiger partial charge is 0.394 e. The number of rotatable bonds is 9. The second-order valence-corrected chi connectivity index (χ2v) is 8.94. The molecule has 2 heterocycles. The van der Waals surface area contributed by atoms with Crippen molar-refractivity contribution in [3.63, 3.8) is 0 Å². The molecular weight excluding hydrogens is 428 g/mol. The van der Waals surface area contributed by atoms with Crippen LogP contribution in [-0.2, 0) is 4.74 Å². The summed E-state index contributed by atoms with van der Waals surface area (Å²) in [5.41, 5.74) is 8.83. The van der Waals surface area contributed by atoms with Crippen LogP contribution in [0.5, 0.6) is 5.75 Å². The van der Waals surface area contributed by atoms with Gasteiger partial charge in [0.2, 0.25) is 0 Å². The third kappa shape index (κ3) is 8.24. The highest BCUT2D eigenvalue weighted by molar-refractivity contribution is 5.81. The minimum atomic E-state index is -3.21. The number of nitrogens with two attached hydrogens (primary N) is 1. The number of aliphatic imine (C=N–C) groups is 1. The Labute approximate surface area is 195 Å². The van der Waals surface area contributed by atoms with Crippen molar-refractivity contribution in [1.29, 1.82) is 0 Å². The zero-order valence-electron chi connectivity index (χ0n) is 20.0. The van der Waals surface area contributed by atoms with Crippen LogP contribution in [0.1, 0.15) is 20.8 Å². The summed E-state index contributed by atoms with van der Waals surface area (Å²) < 4.78 is 36.0. The number of hydrogen-bond donors (Lipinski definition) is 1. The van der Waals surface area contributed by atoms with Crippen LogP contribution in [0.3, 0.4) is 0 Å². The van der Waals surface area contributed by atoms with Gasteiger partial charge in [0.15, 0.2) is 0 Å². The lowest BCUT2D eigenvalue weighted by atomic mass is 10.1. The minimum absolute atomic E-state index is 0.104. The number of alkyl halides is 2. The predicted molar refractivity (Wildman–Crippen MR) is 127 cm³/mol. The SMILES string of the molecule is CC(C)/C(N)=C(/C=Nc1ccc(OC(C)(F)F)cc1)N1CCN(CCN2CCOCC2)CC1. The summed E-state index contributed by atoms with van der Waals surface area (Å²) >= 11 is 0. The molecule has 1 aromatic rings. The van der Waals surface area contributed by atoms with Gasteiger partial charge >= 0.3 is 6.11 Å². The zero-order valence-corrected chi connectivity index (χ0v) is 20.0. The standard InChI is InChI=1S/C24H37F2N5O2/c1-19(2)23(27)22(18-28-20-4-6-21(7-5-20)33-24(3,25)26)31-12-10-29(11-13-31)8-9-30-14-16-32-17-15-30/h4-7,18-19H,8-17,27H2,1-3H3/b23-22+,28-18?. The first-order chi connectivity index (χ1) is 15.7. The molecule has 0 radical (unpaired) electrons. The van der Waals surface area contributed by atoms with Crippen LogP contribution in [0.4, 0.5) is 14.5 Å². The van der Waals surface area contributed by atoms with Crippen molar-refractivity contribution in [3.05, 3.63) is 35.7 Å². The Balaban J connectivity index is 1.58. The van der Waals surface area contributed by atoms with Crippen LogP contribution in [0, 0.1) is 5.92 Å². The molecule has 2 fully saturated rings. The zero-order chi connectivity index (χ0) is 23.8. The molecule has 33 heavy (non-hydrogen) atoms. The number of halogens is 2. The molecule has 0 saturated carbocycles. The van der Waals surface area contributed by atoms with Crippen molar-refractivity contribution < 1.29 is 18.3 Å². The maximum absolute atomic E-state index is 13.0. The summed E-state index contributed by atoms with van der Waals surface area (Å²) in [5, 5.41) is 0. The minimum Gasteiger partial charge on any atom is -0.433 e. The van der Waals surface area contributed by atoms with Gasteiger partial charge in [-0.25, -0.2) is 0 Å². The van der Waals surface area contributed by atoms with Gasteiger partial charge in [-0.15, -0.1) is 0 Å². The van der Waals surface area contributed by atoms with E-state index >= 15 is 0 Å². The van der Waals surface area contributed by atoms with E-state index in [0.717, 1.165) is 77.0 Å². The molecule has 0 bridgehead atoms. The van der Waals surface area contributed by atoms with Crippen LogP contribution in [0.2, 0.25) is 0 Å². The number of hydrogen-bond acceptors (Lipinski definition) is 7. The topological polar surface area (TPSA) is 66.6 Å². The van der Waals surface area contributed by atoms with Gasteiger partial charge in [0.25, 0.3) is 0 Å². The van der Waals surface area contributed by atoms with Crippen molar-refractivity contribution in [2.45, 2.75) is 26.9 Å². The Hall–Kier alpha value is -2.23. The monoisotopic (exact) mass is 465 g/mol. The Kier molecular flexibility index (Phi) is 9.05. The first kappa shape index (κ1) is 25.4. The number of allylic oxidation sites excluding steroid dienone is 2. The number of morpholine rings is 1. The van der Waals surface area contributed by atoms with Crippen molar-refractivity contribution in [1.82, 2.24) is 14.7 Å². The highest BCUT2D eigenvalue weighted by Gasteiger charge is 2.23. The van der Waals surface area contributed by atoms with Gasteiger partial charge in [-0.2, -0.15) is 8.78 Å². The predicted octanol–water partition coefficient (Wildman–Crippen LogP) is 3.16. The molecular formula is C24H37F2N5O2. The van der Waals surface area contributed by atoms with Gasteiger partial charge in [-0.3, -0.25) is 14.8 Å². The number of piperazine rings is 1. The van der Waals surface area contributed by atoms with Crippen LogP contribution in [0.25, 0.3) is 0 Å². The maximum atomic E-state index is 13.0. The van der Waals surface area contributed by atoms with Crippen molar-refractivity contribution >= 4 is 11.9 Å². The third-order valence-corrected chi connectivity index (χ3v) is 5.94. The quantitative estimate of drug-likeness (QED) is 0.565. The third-order valence-electron chi connectivity index (χ3n) is 5.94. The van der Waals surface area contributed by atoms with Crippen LogP contribution < -0.4 is 10.5 Å². The van der Waals surface area contributed by atoms with E-state index in [0.29, 0.717) is 12.6 Å². The molecule has 2 aliphatic heterocycles. The Morgan fingerprint density at radius 2 is 1.64 bits per heavy atom. The largest absolute Gasteiger partial charge is 0.433 e. The molecule has 0 unspecified atom stereocenters. The van der Waals surface area contributed by atoms with E-state index < -0.39 is 6.11 Å². The van der Waals surface area contributed by atoms with Crippen LogP contribution in [-0.4, -0.2) is 92.6 Å². The molecule has 1 aromatic carbocycles. The lowest BCUT2D eigenvalue weighted by Gasteiger charge is -2.38. The van der Waals surface area contributed by atoms with Gasteiger partial charge < -0.3 is 20.1 Å². The normalized spacial score (nSPS) is 19.9. The number of ether oxygens (including phenoxy) is 2. The molecule has 2 aliphatic rings. The Morgan fingerprint density at radius 1 is 1.06 bits per heavy atom. The van der Waals surface area contributed by atoms with E-state index in [-0.39, 0.29) is 11.7 Å². The fourth-order valence-corrected chi connectivity index (χ4v) is 3.90. The summed E-state index contributed by atoms with van der Waals surface area (Å²) in [7, 11) is 0. The van der Waals surface area contributed by atoms with E-state index in [1.807, 2.05) is 0 Å². The van der Waals surface area contributed by atoms with Gasteiger partial charge in [0.05, 0.1) is 30.8 Å². The van der Waals surface area contributed by atoms with Gasteiger partial charge in [0.1, 0.15) is 5.75 Å². The van der Waals surface area contributed by atoms with E-state index in [4.69, 9.17) is 10.5 Å². The maximum Gasteiger partial charge on any atom is 0.394 e. The highest BCUT2D eigenvalue weighted by Crippen LogP contribution is 2.24. The summed E-state index contributed by atoms with van der Waals surface area (Å²) in [6.07, 6.45) is -1.42. The molecule has 2 N–H and O–H groups in total. The molecule has 3 rings (SSSR count). The van der Waals surface area contributed by atoms with E-state index in [9.17, 15) is 8.78 Å². The summed E-state index contributed by atoms with van der Waals surface area (Å²) in [6.45, 7) is 14.4. The number of benzene rings is 1. The highest BCUT2D eigenvalue weighted by atomic mass is 19.3. The fraction of sp³-hybridized carbons (Fsp3) is 0.625. The first-order valence-electron chi connectivity index (χ1n) is 11.7. The van der Waals surface area contributed by atoms with E-state index in [1.165, 1.54) is 12.1 Å². The molecule has 2 saturated heterocycles. The molecule has 0 spiro atoms. The van der Waals surface area contributed by atoms with Crippen molar-refractivity contribution in [2.24, 2.45) is 16.6 Å². The molecule has 0 atom stereocenters. The molecule has 0 aromatic heterocycles. The van der Waals surface area contributed by atoms with Crippen molar-refractivity contribution in [2.75, 3.05) is 65.6 Å². The Morgan fingerprint density at radius 3 is 2.18 bits per heavy atom. The lowest BCUT2D eigenvalue weighted by molar-refractivity contribution is -0.158. The second kappa shape index (κ2) is 11.8. The summed E-state index contributed by atoms with van der Waals surface area (Å²) in [6, 6.07) is 6.30. The van der Waals surface area contributed by atoms with Gasteiger partial charge in [-0.1, -0.05) is 13.8 Å². The summed E-state index contributed by atoms with van der Waals surface area (Å²) in [5.74, 6) is 0.292. The van der Waals surface area contributed by atoms with Gasteiger partial charge in [0, 0.05) is 65.0 Å². The second-order valence-electron chi connectivity index (χ2n) is 8.94. The fourth-order valence-electron chi connectivity index (χ4n) is 3.90. The number of nitrogens with zero attached hydrogens (tertiary/aromatic N) is 4. The van der Waals surface area contributed by atoms with E-state index in [1.54, 1.807) is 18.3 Å². The van der Waals surface area contributed by atoms with Crippen molar-refractivity contribution in [3.8, 4) is 5.75 Å². The van der Waals surface area contributed by atoms with E-state index in [2.05, 4.69) is 38.3 Å². The average Bonchev–Trinajstić information content (AvgIpc) is 2.79. The van der Waals surface area contributed by atoms with Gasteiger partial charge in [-0.05, 0) is 30.2 Å².